The van der Waals surface area contributed by atoms with Crippen LogP contribution in [0, 0.1) is 0 Å². The third-order valence-electron chi connectivity index (χ3n) is 2.77. The first-order chi connectivity index (χ1) is 8.47. The Morgan fingerprint density at radius 2 is 2.00 bits per heavy atom. The summed E-state index contributed by atoms with van der Waals surface area (Å²) in [5.74, 6) is 0. The second-order valence-electron chi connectivity index (χ2n) is 4.54. The van der Waals surface area contributed by atoms with E-state index in [4.69, 9.17) is 11.6 Å². The molecule has 0 aliphatic heterocycles. The lowest BCUT2D eigenvalue weighted by Crippen LogP contribution is -2.35. The number of nitrogens with zero attached hydrogens (tertiary/aromatic N) is 1. The molecule has 0 radical (unpaired) electrons. The lowest BCUT2D eigenvalue weighted by atomic mass is 9.94. The zero-order valence-corrected chi connectivity index (χ0v) is 13.4. The lowest BCUT2D eigenvalue weighted by molar-refractivity contribution is 0.401. The van der Waals surface area contributed by atoms with E-state index in [1.54, 1.807) is 6.20 Å². The van der Waals surface area contributed by atoms with Crippen LogP contribution in [0.15, 0.2) is 34.9 Å². The summed E-state index contributed by atoms with van der Waals surface area (Å²) in [5, 5.41) is 4.50. The topological polar surface area (TPSA) is 24.9 Å². The monoisotopic (exact) mass is 344 g/mol. The molecular weight excluding hydrogens is 332 g/mol. The summed E-state index contributed by atoms with van der Waals surface area (Å²) in [6.07, 6.45) is 1.69. The van der Waals surface area contributed by atoms with E-state index >= 15 is 0 Å². The van der Waals surface area contributed by atoms with Gasteiger partial charge in [0.25, 0.3) is 0 Å². The van der Waals surface area contributed by atoms with Gasteiger partial charge >= 0.3 is 0 Å². The van der Waals surface area contributed by atoms with Crippen LogP contribution < -0.4 is 5.32 Å². The molecule has 2 nitrogen and oxygen atoms in total. The van der Waals surface area contributed by atoms with Gasteiger partial charge in [0.1, 0.15) is 9.34 Å². The van der Waals surface area contributed by atoms with E-state index in [1.165, 1.54) is 16.9 Å². The summed E-state index contributed by atoms with van der Waals surface area (Å²) in [6.45, 7) is 5.04. The molecular formula is C13H14BrClN2S. The van der Waals surface area contributed by atoms with Crippen LogP contribution in [0.25, 0.3) is 0 Å². The smallest absolute Gasteiger partial charge is 0.113 e. The highest BCUT2D eigenvalue weighted by Gasteiger charge is 2.19. The molecule has 1 aromatic heterocycles. The zero-order chi connectivity index (χ0) is 13.2. The number of thiazole rings is 1. The van der Waals surface area contributed by atoms with Crippen molar-refractivity contribution in [3.8, 4) is 0 Å². The van der Waals surface area contributed by atoms with Crippen molar-refractivity contribution in [2.45, 2.75) is 25.9 Å². The number of aromatic nitrogens is 1. The van der Waals surface area contributed by atoms with Crippen LogP contribution in [0.4, 0.5) is 0 Å². The Labute approximate surface area is 125 Å². The maximum Gasteiger partial charge on any atom is 0.113 e. The van der Waals surface area contributed by atoms with E-state index in [2.05, 4.69) is 64.3 Å². The molecule has 0 saturated carbocycles. The van der Waals surface area contributed by atoms with E-state index in [9.17, 15) is 0 Å². The Kier molecular flexibility index (Phi) is 4.43. The summed E-state index contributed by atoms with van der Waals surface area (Å²) in [5.41, 5.74) is 1.15. The van der Waals surface area contributed by atoms with Gasteiger partial charge in [-0.15, -0.1) is 11.3 Å². The molecule has 0 aliphatic rings. The minimum Gasteiger partial charge on any atom is -0.301 e. The first-order valence-electron chi connectivity index (χ1n) is 5.59. The van der Waals surface area contributed by atoms with Crippen molar-refractivity contribution in [2.24, 2.45) is 0 Å². The number of benzene rings is 1. The van der Waals surface area contributed by atoms with Crippen LogP contribution in [0.1, 0.15) is 24.4 Å². The molecule has 0 fully saturated rings. The van der Waals surface area contributed by atoms with Gasteiger partial charge < -0.3 is 5.32 Å². The van der Waals surface area contributed by atoms with Crippen LogP contribution in [0.3, 0.4) is 0 Å². The fourth-order valence-corrected chi connectivity index (χ4v) is 2.80. The molecule has 0 amide bonds. The normalized spacial score (nSPS) is 11.8. The maximum absolute atomic E-state index is 5.87. The Balaban J connectivity index is 2.04. The number of nitrogens with one attached hydrogen (secondary N) is 1. The van der Waals surface area contributed by atoms with Crippen molar-refractivity contribution in [3.63, 3.8) is 0 Å². The average Bonchev–Trinajstić information content (AvgIpc) is 2.73. The Morgan fingerprint density at radius 1 is 1.33 bits per heavy atom. The van der Waals surface area contributed by atoms with Crippen molar-refractivity contribution in [3.05, 3.63) is 49.8 Å². The predicted octanol–water partition coefficient (Wildman–Crippen LogP) is 4.58. The number of rotatable bonds is 4. The van der Waals surface area contributed by atoms with Gasteiger partial charge in [0.2, 0.25) is 0 Å². The summed E-state index contributed by atoms with van der Waals surface area (Å²) >= 11 is 10.8. The van der Waals surface area contributed by atoms with Gasteiger partial charge in [-0.25, -0.2) is 4.98 Å². The van der Waals surface area contributed by atoms with Gasteiger partial charge in [-0.05, 0) is 31.5 Å². The molecule has 2 rings (SSSR count). The van der Waals surface area contributed by atoms with Crippen LogP contribution in [-0.2, 0) is 12.1 Å². The molecule has 1 N–H and O–H groups in total. The van der Waals surface area contributed by atoms with Crippen molar-refractivity contribution in [1.82, 2.24) is 10.3 Å². The number of hydrogen-bond donors (Lipinski definition) is 1. The Hall–Kier alpha value is -0.420. The molecule has 2 aromatic rings. The lowest BCUT2D eigenvalue weighted by Gasteiger charge is -2.26. The summed E-state index contributed by atoms with van der Waals surface area (Å²) in [4.78, 5) is 4.24. The molecule has 96 valence electrons. The third-order valence-corrected chi connectivity index (χ3v) is 4.42. The standard InChI is InChI=1S/C13H14BrClN2S/c1-13(2,9-3-5-10(14)6-4-9)17-8-12-16-7-11(15)18-12/h3-7,17H,8H2,1-2H3. The molecule has 18 heavy (non-hydrogen) atoms. The Bertz CT molecular complexity index is 522. The fourth-order valence-electron chi connectivity index (χ4n) is 1.63. The maximum atomic E-state index is 5.87. The van der Waals surface area contributed by atoms with E-state index in [0.29, 0.717) is 0 Å². The van der Waals surface area contributed by atoms with Crippen LogP contribution >= 0.6 is 38.9 Å². The fraction of sp³-hybridized carbons (Fsp3) is 0.308. The Morgan fingerprint density at radius 3 is 2.56 bits per heavy atom. The van der Waals surface area contributed by atoms with E-state index < -0.39 is 0 Å². The molecule has 0 aliphatic carbocycles. The molecule has 1 aromatic carbocycles. The van der Waals surface area contributed by atoms with Gasteiger partial charge in [-0.2, -0.15) is 0 Å². The largest absolute Gasteiger partial charge is 0.301 e. The molecule has 0 atom stereocenters. The molecule has 0 spiro atoms. The second-order valence-corrected chi connectivity index (χ2v) is 7.21. The SMILES string of the molecule is CC(C)(NCc1ncc(Cl)s1)c1ccc(Br)cc1. The minimum absolute atomic E-state index is 0.0984. The average molecular weight is 346 g/mol. The molecule has 0 saturated heterocycles. The molecule has 5 heteroatoms. The van der Waals surface area contributed by atoms with Crippen molar-refractivity contribution in [2.75, 3.05) is 0 Å². The van der Waals surface area contributed by atoms with E-state index in [0.717, 1.165) is 20.4 Å². The van der Waals surface area contributed by atoms with Crippen LogP contribution in [0.2, 0.25) is 4.34 Å². The van der Waals surface area contributed by atoms with Crippen LogP contribution in [0.5, 0.6) is 0 Å². The third kappa shape index (κ3) is 3.54. The first-order valence-corrected chi connectivity index (χ1v) is 7.57. The zero-order valence-electron chi connectivity index (χ0n) is 10.2. The van der Waals surface area contributed by atoms with Gasteiger partial charge in [-0.3, -0.25) is 0 Å². The predicted molar refractivity (Wildman–Crippen MR) is 81.1 cm³/mol. The summed E-state index contributed by atoms with van der Waals surface area (Å²) < 4.78 is 1.82. The highest BCUT2D eigenvalue weighted by molar-refractivity contribution is 9.10. The summed E-state index contributed by atoms with van der Waals surface area (Å²) in [6, 6.07) is 8.34. The van der Waals surface area contributed by atoms with Gasteiger partial charge in [-0.1, -0.05) is 39.7 Å². The highest BCUT2D eigenvalue weighted by atomic mass is 79.9. The number of hydrogen-bond acceptors (Lipinski definition) is 3. The first kappa shape index (κ1) is 14.0. The van der Waals surface area contributed by atoms with Gasteiger partial charge in [0.05, 0.1) is 6.20 Å². The second kappa shape index (κ2) is 5.70. The quantitative estimate of drug-likeness (QED) is 0.877. The summed E-state index contributed by atoms with van der Waals surface area (Å²) in [7, 11) is 0. The van der Waals surface area contributed by atoms with Crippen molar-refractivity contribution >= 4 is 38.9 Å². The van der Waals surface area contributed by atoms with E-state index in [1.807, 2.05) is 0 Å². The van der Waals surface area contributed by atoms with Gasteiger partial charge in [0, 0.05) is 16.6 Å². The van der Waals surface area contributed by atoms with Crippen molar-refractivity contribution in [1.29, 1.82) is 0 Å². The molecule has 0 unspecified atom stereocenters. The minimum atomic E-state index is -0.0984. The molecule has 0 bridgehead atoms. The van der Waals surface area contributed by atoms with Crippen molar-refractivity contribution < 1.29 is 0 Å². The number of halogens is 2. The van der Waals surface area contributed by atoms with E-state index in [-0.39, 0.29) is 5.54 Å². The molecule has 1 heterocycles. The highest BCUT2D eigenvalue weighted by Crippen LogP contribution is 2.24. The van der Waals surface area contributed by atoms with Gasteiger partial charge in [0.15, 0.2) is 0 Å². The van der Waals surface area contributed by atoms with Crippen LogP contribution in [-0.4, -0.2) is 4.98 Å².